The van der Waals surface area contributed by atoms with Crippen molar-refractivity contribution in [2.45, 2.75) is 49.7 Å². The summed E-state index contributed by atoms with van der Waals surface area (Å²) in [6, 6.07) is 10.1. The smallest absolute Gasteiger partial charge is 0.241 e. The Morgan fingerprint density at radius 2 is 1.72 bits per heavy atom. The van der Waals surface area contributed by atoms with Crippen LogP contribution in [0.4, 0.5) is 0 Å². The first-order valence-electron chi connectivity index (χ1n) is 9.05. The lowest BCUT2D eigenvalue weighted by Gasteiger charge is -2.37. The number of rotatable bonds is 7. The topological polar surface area (TPSA) is 75.3 Å². The molecule has 1 amide bonds. The van der Waals surface area contributed by atoms with E-state index in [0.29, 0.717) is 32.5 Å². The first-order valence-corrected chi connectivity index (χ1v) is 10.9. The maximum Gasteiger partial charge on any atom is 0.241 e. The van der Waals surface area contributed by atoms with E-state index in [4.69, 9.17) is 0 Å². The van der Waals surface area contributed by atoms with Crippen molar-refractivity contribution in [1.82, 2.24) is 10.6 Å². The summed E-state index contributed by atoms with van der Waals surface area (Å²) in [5.74, 6) is -0.348. The lowest BCUT2D eigenvalue weighted by Crippen LogP contribution is -2.58. The average Bonchev–Trinajstić information content (AvgIpc) is 2.63. The van der Waals surface area contributed by atoms with E-state index in [1.165, 1.54) is 11.8 Å². The zero-order valence-electron chi connectivity index (χ0n) is 15.5. The van der Waals surface area contributed by atoms with E-state index in [-0.39, 0.29) is 11.3 Å². The molecule has 1 aliphatic rings. The molecule has 6 heteroatoms. The summed E-state index contributed by atoms with van der Waals surface area (Å²) >= 11 is 0. The van der Waals surface area contributed by atoms with E-state index >= 15 is 0 Å². The van der Waals surface area contributed by atoms with Gasteiger partial charge < -0.3 is 10.6 Å². The molecular formula is C19H30N2O3S. The van der Waals surface area contributed by atoms with Crippen molar-refractivity contribution < 1.29 is 13.2 Å². The van der Waals surface area contributed by atoms with Gasteiger partial charge in [-0.05, 0) is 44.3 Å². The predicted molar refractivity (Wildman–Crippen MR) is 101 cm³/mol. The number of nitrogens with one attached hydrogen (secondary N) is 2. The monoisotopic (exact) mass is 366 g/mol. The van der Waals surface area contributed by atoms with Gasteiger partial charge >= 0.3 is 0 Å². The second-order valence-corrected chi connectivity index (χ2v) is 9.38. The highest BCUT2D eigenvalue weighted by atomic mass is 32.2. The van der Waals surface area contributed by atoms with Gasteiger partial charge in [0, 0.05) is 18.2 Å². The van der Waals surface area contributed by atoms with Crippen LogP contribution in [0.25, 0.3) is 0 Å². The van der Waals surface area contributed by atoms with Crippen LogP contribution in [0.3, 0.4) is 0 Å². The molecule has 1 aliphatic heterocycles. The summed E-state index contributed by atoms with van der Waals surface area (Å²) in [5, 5.41) is 6.14. The van der Waals surface area contributed by atoms with Crippen molar-refractivity contribution in [1.29, 1.82) is 0 Å². The molecule has 5 nitrogen and oxygen atoms in total. The minimum absolute atomic E-state index is 0.178. The molecule has 1 heterocycles. The maximum absolute atomic E-state index is 13.0. The van der Waals surface area contributed by atoms with Crippen LogP contribution < -0.4 is 10.6 Å². The number of carbonyl (C=O) groups excluding carboxylic acids is 1. The highest BCUT2D eigenvalue weighted by molar-refractivity contribution is 7.92. The van der Waals surface area contributed by atoms with Crippen molar-refractivity contribution >= 4 is 15.7 Å². The van der Waals surface area contributed by atoms with Crippen LogP contribution in [0.15, 0.2) is 30.3 Å². The first-order chi connectivity index (χ1) is 11.8. The molecule has 1 saturated heterocycles. The Morgan fingerprint density at radius 1 is 1.16 bits per heavy atom. The van der Waals surface area contributed by atoms with Gasteiger partial charge in [-0.15, -0.1) is 0 Å². The quantitative estimate of drug-likeness (QED) is 0.774. The third-order valence-electron chi connectivity index (χ3n) is 5.86. The van der Waals surface area contributed by atoms with Gasteiger partial charge in [-0.3, -0.25) is 4.79 Å². The van der Waals surface area contributed by atoms with E-state index in [2.05, 4.69) is 36.6 Å². The van der Waals surface area contributed by atoms with Crippen molar-refractivity contribution in [3.05, 3.63) is 35.9 Å². The molecule has 2 rings (SSSR count). The summed E-state index contributed by atoms with van der Waals surface area (Å²) < 4.78 is 23.5. The lowest BCUT2D eigenvalue weighted by atomic mass is 9.75. The largest absolute Gasteiger partial charge is 0.354 e. The van der Waals surface area contributed by atoms with Crippen molar-refractivity contribution in [3.63, 3.8) is 0 Å². The minimum atomic E-state index is -3.48. The van der Waals surface area contributed by atoms with Gasteiger partial charge in [0.15, 0.2) is 14.6 Å². The Morgan fingerprint density at radius 3 is 2.20 bits per heavy atom. The molecule has 0 aromatic heterocycles. The molecule has 25 heavy (non-hydrogen) atoms. The van der Waals surface area contributed by atoms with Crippen molar-refractivity contribution in [2.75, 3.05) is 25.9 Å². The second kappa shape index (κ2) is 7.87. The molecule has 140 valence electrons. The highest BCUT2D eigenvalue weighted by Gasteiger charge is 2.49. The molecule has 0 bridgehead atoms. The Balaban J connectivity index is 2.23. The first kappa shape index (κ1) is 19.9. The zero-order valence-corrected chi connectivity index (χ0v) is 16.3. The molecule has 0 aliphatic carbocycles. The Labute approximate surface area is 151 Å². The van der Waals surface area contributed by atoms with Gasteiger partial charge in [-0.25, -0.2) is 8.42 Å². The van der Waals surface area contributed by atoms with Gasteiger partial charge in [-0.2, -0.15) is 0 Å². The summed E-state index contributed by atoms with van der Waals surface area (Å²) in [5.41, 5.74) is 1.00. The predicted octanol–water partition coefficient (Wildman–Crippen LogP) is 2.03. The number of piperidine rings is 1. The number of carbonyl (C=O) groups is 1. The van der Waals surface area contributed by atoms with Crippen molar-refractivity contribution in [3.8, 4) is 0 Å². The van der Waals surface area contributed by atoms with Crippen molar-refractivity contribution in [2.24, 2.45) is 0 Å². The molecule has 1 aromatic rings. The molecule has 0 spiro atoms. The number of hydrogen-bond donors (Lipinski definition) is 2. The molecule has 0 radical (unpaired) electrons. The standard InChI is InChI=1S/C19H30N2O3S/c1-4-18(5-2,16-9-7-6-8-10-16)15-21-17(22)19(25(3,23)24)11-13-20-14-12-19/h6-10,20H,4-5,11-15H2,1-3H3,(H,21,22). The molecular weight excluding hydrogens is 336 g/mol. The van der Waals surface area contributed by atoms with Gasteiger partial charge in [0.25, 0.3) is 0 Å². The Kier molecular flexibility index (Phi) is 6.27. The molecule has 0 atom stereocenters. The van der Waals surface area contributed by atoms with Crippen LogP contribution in [0.5, 0.6) is 0 Å². The average molecular weight is 367 g/mol. The van der Waals surface area contributed by atoms with Gasteiger partial charge in [-0.1, -0.05) is 44.2 Å². The van der Waals surface area contributed by atoms with E-state index in [9.17, 15) is 13.2 Å². The normalized spacial score (nSPS) is 17.9. The fourth-order valence-corrected chi connectivity index (χ4v) is 5.16. The summed E-state index contributed by atoms with van der Waals surface area (Å²) in [4.78, 5) is 13.0. The third kappa shape index (κ3) is 3.90. The summed E-state index contributed by atoms with van der Waals surface area (Å²) in [6.45, 7) is 5.77. The van der Waals surface area contributed by atoms with E-state index in [1.807, 2.05) is 18.2 Å². The molecule has 1 fully saturated rings. The highest BCUT2D eigenvalue weighted by Crippen LogP contribution is 2.32. The van der Waals surface area contributed by atoms with E-state index in [0.717, 1.165) is 12.8 Å². The Hall–Kier alpha value is -1.40. The number of hydrogen-bond acceptors (Lipinski definition) is 4. The molecule has 0 saturated carbocycles. The minimum Gasteiger partial charge on any atom is -0.354 e. The fourth-order valence-electron chi connectivity index (χ4n) is 3.81. The van der Waals surface area contributed by atoms with E-state index < -0.39 is 14.6 Å². The summed E-state index contributed by atoms with van der Waals surface area (Å²) in [6.07, 6.45) is 3.59. The second-order valence-electron chi connectivity index (χ2n) is 7.05. The fraction of sp³-hybridized carbons (Fsp3) is 0.632. The van der Waals surface area contributed by atoms with Crippen LogP contribution in [0, 0.1) is 0 Å². The van der Waals surface area contributed by atoms with Gasteiger partial charge in [0.05, 0.1) is 0 Å². The summed E-state index contributed by atoms with van der Waals surface area (Å²) in [7, 11) is -3.48. The molecule has 1 aromatic carbocycles. The SMILES string of the molecule is CCC(CC)(CNC(=O)C1(S(C)(=O)=O)CCNCC1)c1ccccc1. The zero-order chi connectivity index (χ0) is 18.6. The van der Waals surface area contributed by atoms with Crippen LogP contribution in [0.1, 0.15) is 45.1 Å². The number of benzene rings is 1. The van der Waals surface area contributed by atoms with Crippen LogP contribution >= 0.6 is 0 Å². The Bertz CT molecular complexity index is 676. The maximum atomic E-state index is 13.0. The molecule has 0 unspecified atom stereocenters. The van der Waals surface area contributed by atoms with Crippen LogP contribution in [-0.4, -0.2) is 45.0 Å². The van der Waals surface area contributed by atoms with E-state index in [1.54, 1.807) is 0 Å². The number of sulfone groups is 1. The van der Waals surface area contributed by atoms with Gasteiger partial charge in [0.2, 0.25) is 5.91 Å². The van der Waals surface area contributed by atoms with Crippen LogP contribution in [-0.2, 0) is 20.0 Å². The van der Waals surface area contributed by atoms with Gasteiger partial charge in [0.1, 0.15) is 0 Å². The van der Waals surface area contributed by atoms with Crippen LogP contribution in [0.2, 0.25) is 0 Å². The number of amides is 1. The third-order valence-corrected chi connectivity index (χ3v) is 7.88. The molecule has 2 N–H and O–H groups in total. The lowest BCUT2D eigenvalue weighted by molar-refractivity contribution is -0.124.